The van der Waals surface area contributed by atoms with Gasteiger partial charge in [0.2, 0.25) is 5.95 Å². The molecule has 5 heteroatoms. The van der Waals surface area contributed by atoms with E-state index in [9.17, 15) is 0 Å². The summed E-state index contributed by atoms with van der Waals surface area (Å²) in [4.78, 5) is 7.00. The predicted molar refractivity (Wildman–Crippen MR) is 82.3 cm³/mol. The van der Waals surface area contributed by atoms with Gasteiger partial charge in [-0.05, 0) is 45.2 Å². The maximum atomic E-state index is 5.14. The largest absolute Gasteiger partial charge is 0.385 e. The number of rotatable bonds is 7. The molecule has 5 nitrogen and oxygen atoms in total. The zero-order valence-electron chi connectivity index (χ0n) is 13.1. The van der Waals surface area contributed by atoms with Gasteiger partial charge in [-0.15, -0.1) is 0 Å². The molecule has 0 spiro atoms. The molecule has 0 amide bonds. The van der Waals surface area contributed by atoms with E-state index in [1.54, 1.807) is 7.11 Å². The summed E-state index contributed by atoms with van der Waals surface area (Å²) in [6, 6.07) is 0. The summed E-state index contributed by atoms with van der Waals surface area (Å²) in [5.41, 5.74) is 1.09. The molecule has 1 aromatic rings. The molecule has 0 saturated carbocycles. The molecule has 0 bridgehead atoms. The molecule has 20 heavy (non-hydrogen) atoms. The molecule has 0 aliphatic carbocycles. The van der Waals surface area contributed by atoms with Crippen molar-refractivity contribution >= 4 is 5.95 Å². The van der Waals surface area contributed by atoms with Crippen molar-refractivity contribution in [3.05, 3.63) is 11.9 Å². The molecule has 0 atom stereocenters. The third kappa shape index (κ3) is 4.21. The summed E-state index contributed by atoms with van der Waals surface area (Å²) >= 11 is 0. The van der Waals surface area contributed by atoms with Crippen LogP contribution in [0.25, 0.3) is 0 Å². The monoisotopic (exact) mass is 280 g/mol. The molecule has 2 heterocycles. The summed E-state index contributed by atoms with van der Waals surface area (Å²) in [6.07, 6.45) is 5.71. The third-order valence-electron chi connectivity index (χ3n) is 3.96. The van der Waals surface area contributed by atoms with E-state index in [4.69, 9.17) is 4.74 Å². The van der Waals surface area contributed by atoms with Gasteiger partial charge < -0.3 is 19.5 Å². The minimum absolute atomic E-state index is 0.783. The zero-order valence-corrected chi connectivity index (χ0v) is 13.1. The summed E-state index contributed by atoms with van der Waals surface area (Å²) in [5.74, 6) is 1.88. The smallest absolute Gasteiger partial charge is 0.205 e. The minimum Gasteiger partial charge on any atom is -0.385 e. The lowest BCUT2D eigenvalue weighted by Crippen LogP contribution is -2.35. The number of nitrogens with one attached hydrogen (secondary N) is 1. The number of piperidine rings is 1. The third-order valence-corrected chi connectivity index (χ3v) is 3.96. The fourth-order valence-electron chi connectivity index (χ4n) is 2.92. The topological polar surface area (TPSA) is 42.3 Å². The molecule has 1 saturated heterocycles. The van der Waals surface area contributed by atoms with Gasteiger partial charge in [0.1, 0.15) is 0 Å². The van der Waals surface area contributed by atoms with E-state index in [1.807, 2.05) is 0 Å². The van der Waals surface area contributed by atoms with Gasteiger partial charge in [-0.3, -0.25) is 0 Å². The SMILES string of the molecule is COCCCn1cc(C)nc1N(C)CC1CCNCC1. The lowest BCUT2D eigenvalue weighted by atomic mass is 9.98. The first kappa shape index (κ1) is 15.3. The molecule has 1 aliphatic heterocycles. The van der Waals surface area contributed by atoms with Crippen LogP contribution < -0.4 is 10.2 Å². The molecule has 1 aliphatic rings. The Kier molecular flexibility index (Phi) is 5.86. The molecule has 0 radical (unpaired) electrons. The van der Waals surface area contributed by atoms with Gasteiger partial charge in [-0.25, -0.2) is 4.98 Å². The number of aryl methyl sites for hydroxylation is 2. The summed E-state index contributed by atoms with van der Waals surface area (Å²) in [7, 11) is 3.92. The second kappa shape index (κ2) is 7.64. The van der Waals surface area contributed by atoms with Gasteiger partial charge in [-0.2, -0.15) is 0 Å². The molecule has 0 aromatic carbocycles. The van der Waals surface area contributed by atoms with Crippen molar-refractivity contribution < 1.29 is 4.74 Å². The van der Waals surface area contributed by atoms with E-state index >= 15 is 0 Å². The Morgan fingerprint density at radius 2 is 2.20 bits per heavy atom. The van der Waals surface area contributed by atoms with Crippen molar-refractivity contribution in [1.82, 2.24) is 14.9 Å². The van der Waals surface area contributed by atoms with Crippen molar-refractivity contribution in [1.29, 1.82) is 0 Å². The van der Waals surface area contributed by atoms with Crippen LogP contribution in [-0.4, -0.2) is 49.9 Å². The molecular formula is C15H28N4O. The number of hydrogen-bond donors (Lipinski definition) is 1. The van der Waals surface area contributed by atoms with E-state index in [-0.39, 0.29) is 0 Å². The summed E-state index contributed by atoms with van der Waals surface area (Å²) in [6.45, 7) is 7.24. The lowest BCUT2D eigenvalue weighted by molar-refractivity contribution is 0.190. The van der Waals surface area contributed by atoms with Crippen LogP contribution in [0.3, 0.4) is 0 Å². The van der Waals surface area contributed by atoms with E-state index in [0.29, 0.717) is 0 Å². The minimum atomic E-state index is 0.783. The van der Waals surface area contributed by atoms with Gasteiger partial charge in [0.25, 0.3) is 0 Å². The van der Waals surface area contributed by atoms with E-state index < -0.39 is 0 Å². The first-order valence-corrected chi connectivity index (χ1v) is 7.65. The van der Waals surface area contributed by atoms with Crippen LogP contribution in [0.4, 0.5) is 5.95 Å². The van der Waals surface area contributed by atoms with Crippen LogP contribution in [0.2, 0.25) is 0 Å². The van der Waals surface area contributed by atoms with Crippen molar-refractivity contribution in [2.24, 2.45) is 5.92 Å². The maximum absolute atomic E-state index is 5.14. The highest BCUT2D eigenvalue weighted by molar-refractivity contribution is 5.32. The Hall–Kier alpha value is -1.07. The number of hydrogen-bond acceptors (Lipinski definition) is 4. The number of aromatic nitrogens is 2. The Morgan fingerprint density at radius 3 is 2.90 bits per heavy atom. The first-order valence-electron chi connectivity index (χ1n) is 7.65. The molecule has 1 fully saturated rings. The van der Waals surface area contributed by atoms with Crippen molar-refractivity contribution in [2.75, 3.05) is 45.3 Å². The highest BCUT2D eigenvalue weighted by Gasteiger charge is 2.18. The molecule has 1 N–H and O–H groups in total. The van der Waals surface area contributed by atoms with Crippen LogP contribution in [0.1, 0.15) is 25.0 Å². The van der Waals surface area contributed by atoms with Gasteiger partial charge in [0.15, 0.2) is 0 Å². The van der Waals surface area contributed by atoms with E-state index in [2.05, 4.69) is 39.9 Å². The second-order valence-electron chi connectivity index (χ2n) is 5.80. The number of methoxy groups -OCH3 is 1. The van der Waals surface area contributed by atoms with Gasteiger partial charge in [0, 0.05) is 40.1 Å². The Morgan fingerprint density at radius 1 is 1.45 bits per heavy atom. The summed E-state index contributed by atoms with van der Waals surface area (Å²) in [5, 5.41) is 3.42. The second-order valence-corrected chi connectivity index (χ2v) is 5.80. The number of anilines is 1. The normalized spacial score (nSPS) is 16.6. The Balaban J connectivity index is 1.94. The van der Waals surface area contributed by atoms with Gasteiger partial charge in [-0.1, -0.05) is 0 Å². The van der Waals surface area contributed by atoms with Gasteiger partial charge >= 0.3 is 0 Å². The van der Waals surface area contributed by atoms with Crippen molar-refractivity contribution in [3.63, 3.8) is 0 Å². The van der Waals surface area contributed by atoms with Crippen molar-refractivity contribution in [2.45, 2.75) is 32.7 Å². The van der Waals surface area contributed by atoms with E-state index in [0.717, 1.165) is 56.8 Å². The average molecular weight is 280 g/mol. The van der Waals surface area contributed by atoms with Crippen molar-refractivity contribution in [3.8, 4) is 0 Å². The molecule has 0 unspecified atom stereocenters. The number of nitrogens with zero attached hydrogens (tertiary/aromatic N) is 3. The number of ether oxygens (including phenoxy) is 1. The predicted octanol–water partition coefficient (Wildman–Crippen LogP) is 1.66. The Bertz CT molecular complexity index is 399. The van der Waals surface area contributed by atoms with Crippen LogP contribution in [-0.2, 0) is 11.3 Å². The highest BCUT2D eigenvalue weighted by atomic mass is 16.5. The average Bonchev–Trinajstić information content (AvgIpc) is 2.81. The Labute approximate surface area is 122 Å². The van der Waals surface area contributed by atoms with Crippen LogP contribution in [0.5, 0.6) is 0 Å². The highest BCUT2D eigenvalue weighted by Crippen LogP contribution is 2.18. The fourth-order valence-corrected chi connectivity index (χ4v) is 2.92. The van der Waals surface area contributed by atoms with Crippen LogP contribution in [0.15, 0.2) is 6.20 Å². The molecule has 2 rings (SSSR count). The molecule has 114 valence electrons. The maximum Gasteiger partial charge on any atom is 0.205 e. The van der Waals surface area contributed by atoms with Crippen LogP contribution >= 0.6 is 0 Å². The van der Waals surface area contributed by atoms with Gasteiger partial charge in [0.05, 0.1) is 5.69 Å². The quantitative estimate of drug-likeness (QED) is 0.772. The van der Waals surface area contributed by atoms with E-state index in [1.165, 1.54) is 12.8 Å². The fraction of sp³-hybridized carbons (Fsp3) is 0.800. The summed E-state index contributed by atoms with van der Waals surface area (Å²) < 4.78 is 7.40. The number of imidazole rings is 1. The zero-order chi connectivity index (χ0) is 14.4. The van der Waals surface area contributed by atoms with Crippen LogP contribution in [0, 0.1) is 12.8 Å². The molecular weight excluding hydrogens is 252 g/mol. The lowest BCUT2D eigenvalue weighted by Gasteiger charge is -2.28. The molecule has 1 aromatic heterocycles. The first-order chi connectivity index (χ1) is 9.70. The standard InChI is InChI=1S/C15H28N4O/c1-13-11-19(9-4-10-20-3)15(17-13)18(2)12-14-5-7-16-8-6-14/h11,14,16H,4-10,12H2,1-3H3.